The number of fused-ring (bicyclic) bond motifs is 1. The Balaban J connectivity index is 1.66. The average molecular weight is 454 g/mol. The number of alkyl halides is 2. The van der Waals surface area contributed by atoms with Crippen LogP contribution >= 0.6 is 0 Å². The summed E-state index contributed by atoms with van der Waals surface area (Å²) in [4.78, 5) is 17.5. The van der Waals surface area contributed by atoms with Crippen LogP contribution in [0.1, 0.15) is 40.7 Å². The third kappa shape index (κ3) is 4.55. The molecule has 0 aliphatic heterocycles. The second-order valence-corrected chi connectivity index (χ2v) is 7.88. The maximum Gasteiger partial charge on any atom is 0.280 e. The first-order valence-electron chi connectivity index (χ1n) is 10.4. The molecule has 4 aromatic rings. The molecule has 0 saturated heterocycles. The Labute approximate surface area is 189 Å². The van der Waals surface area contributed by atoms with Gasteiger partial charge in [-0.1, -0.05) is 0 Å². The second-order valence-electron chi connectivity index (χ2n) is 7.88. The normalized spacial score (nSPS) is 12.3. The van der Waals surface area contributed by atoms with Gasteiger partial charge >= 0.3 is 0 Å². The quantitative estimate of drug-likeness (QED) is 0.460. The van der Waals surface area contributed by atoms with Crippen LogP contribution < -0.4 is 10.1 Å². The lowest BCUT2D eigenvalue weighted by atomic mass is 10.1. The number of nitrogens with one attached hydrogen (secondary N) is 1. The van der Waals surface area contributed by atoms with Crippen molar-refractivity contribution >= 4 is 11.6 Å². The van der Waals surface area contributed by atoms with Crippen LogP contribution in [0.5, 0.6) is 5.75 Å². The van der Waals surface area contributed by atoms with Gasteiger partial charge in [0.1, 0.15) is 17.0 Å². The summed E-state index contributed by atoms with van der Waals surface area (Å²) in [5.74, 6) is 0.204. The number of methoxy groups -OCH3 is 1. The molecule has 1 atom stereocenters. The molecule has 33 heavy (non-hydrogen) atoms. The van der Waals surface area contributed by atoms with Crippen LogP contribution in [0.25, 0.3) is 16.9 Å². The predicted octanol–water partition coefficient (Wildman–Crippen LogP) is 3.75. The van der Waals surface area contributed by atoms with Crippen molar-refractivity contribution in [2.45, 2.75) is 32.7 Å². The monoisotopic (exact) mass is 454 g/mol. The average Bonchev–Trinajstić information content (AvgIpc) is 3.35. The van der Waals surface area contributed by atoms with E-state index in [1.165, 1.54) is 12.3 Å². The van der Waals surface area contributed by atoms with E-state index in [2.05, 4.69) is 20.5 Å². The van der Waals surface area contributed by atoms with E-state index in [1.807, 2.05) is 27.1 Å². The molecule has 8 nitrogen and oxygen atoms in total. The number of rotatable bonds is 7. The Kier molecular flexibility index (Phi) is 6.08. The number of hydrogen-bond acceptors (Lipinski definition) is 5. The molecule has 0 aliphatic carbocycles. The lowest BCUT2D eigenvalue weighted by Gasteiger charge is -2.13. The Bertz CT molecular complexity index is 1300. The van der Waals surface area contributed by atoms with E-state index >= 15 is 0 Å². The topological polar surface area (TPSA) is 86.3 Å². The number of ether oxygens (including phenoxy) is 1. The van der Waals surface area contributed by atoms with Crippen LogP contribution in [0.3, 0.4) is 0 Å². The fourth-order valence-electron chi connectivity index (χ4n) is 3.74. The largest absolute Gasteiger partial charge is 0.497 e. The molecule has 4 rings (SSSR count). The van der Waals surface area contributed by atoms with Gasteiger partial charge in [-0.15, -0.1) is 0 Å². The van der Waals surface area contributed by atoms with E-state index in [0.717, 1.165) is 15.8 Å². The van der Waals surface area contributed by atoms with Crippen LogP contribution in [0.4, 0.5) is 8.78 Å². The maximum atomic E-state index is 13.8. The van der Waals surface area contributed by atoms with E-state index < -0.39 is 12.3 Å². The van der Waals surface area contributed by atoms with Crippen molar-refractivity contribution in [3.8, 4) is 17.0 Å². The standard InChI is InChI=1S/C23H24F2N6O2/c1-13(9-16-12-30(3)29-14(16)2)27-23(32)18-11-26-31-20(21(24)25)10-19(28-22(18)31)15-5-7-17(33-4)8-6-15/h5-8,10-13,21H,9H2,1-4H3,(H,27,32)/t13-/m0/s1. The SMILES string of the molecule is COc1ccc(-c2cc(C(F)F)n3ncc(C(=O)N[C@@H](C)Cc4cn(C)nc4C)c3n2)cc1. The van der Waals surface area contributed by atoms with Gasteiger partial charge in [0.2, 0.25) is 0 Å². The first-order chi connectivity index (χ1) is 15.8. The van der Waals surface area contributed by atoms with E-state index in [-0.39, 0.29) is 22.9 Å². The van der Waals surface area contributed by atoms with Gasteiger partial charge in [0.15, 0.2) is 5.65 Å². The van der Waals surface area contributed by atoms with E-state index in [1.54, 1.807) is 36.1 Å². The summed E-state index contributed by atoms with van der Waals surface area (Å²) in [5, 5.41) is 11.2. The minimum absolute atomic E-state index is 0.0703. The summed E-state index contributed by atoms with van der Waals surface area (Å²) in [6.07, 6.45) is 0.960. The van der Waals surface area contributed by atoms with Gasteiger partial charge in [-0.2, -0.15) is 10.2 Å². The highest BCUT2D eigenvalue weighted by atomic mass is 19.3. The van der Waals surface area contributed by atoms with Gasteiger partial charge in [-0.05, 0) is 56.2 Å². The number of nitrogens with zero attached hydrogens (tertiary/aromatic N) is 5. The Hall–Kier alpha value is -3.82. The minimum Gasteiger partial charge on any atom is -0.497 e. The van der Waals surface area contributed by atoms with Crippen molar-refractivity contribution in [2.24, 2.45) is 7.05 Å². The van der Waals surface area contributed by atoms with Crippen LogP contribution in [0.15, 0.2) is 42.7 Å². The number of aromatic nitrogens is 5. The molecule has 172 valence electrons. The van der Waals surface area contributed by atoms with Crippen molar-refractivity contribution in [3.05, 3.63) is 65.2 Å². The van der Waals surface area contributed by atoms with Crippen molar-refractivity contribution < 1.29 is 18.3 Å². The summed E-state index contributed by atoms with van der Waals surface area (Å²) in [6, 6.07) is 7.95. The molecule has 0 spiro atoms. The maximum absolute atomic E-state index is 13.8. The highest BCUT2D eigenvalue weighted by molar-refractivity contribution is 6.00. The third-order valence-electron chi connectivity index (χ3n) is 5.37. The van der Waals surface area contributed by atoms with Crippen molar-refractivity contribution in [3.63, 3.8) is 0 Å². The second kappa shape index (κ2) is 8.97. The Morgan fingerprint density at radius 2 is 1.97 bits per heavy atom. The first kappa shape index (κ1) is 22.4. The van der Waals surface area contributed by atoms with E-state index in [4.69, 9.17) is 4.74 Å². The van der Waals surface area contributed by atoms with Crippen molar-refractivity contribution in [1.29, 1.82) is 0 Å². The number of hydrogen-bond donors (Lipinski definition) is 1. The van der Waals surface area contributed by atoms with Crippen LogP contribution in [-0.2, 0) is 13.5 Å². The lowest BCUT2D eigenvalue weighted by Crippen LogP contribution is -2.34. The highest BCUT2D eigenvalue weighted by Gasteiger charge is 2.22. The number of aryl methyl sites for hydroxylation is 2. The zero-order valence-corrected chi connectivity index (χ0v) is 18.7. The Morgan fingerprint density at radius 3 is 2.58 bits per heavy atom. The fraction of sp³-hybridized carbons (Fsp3) is 0.304. The number of carbonyl (C=O) groups is 1. The van der Waals surface area contributed by atoms with Gasteiger partial charge in [0.25, 0.3) is 12.3 Å². The van der Waals surface area contributed by atoms with Gasteiger partial charge in [0, 0.05) is 24.8 Å². The predicted molar refractivity (Wildman–Crippen MR) is 119 cm³/mol. The van der Waals surface area contributed by atoms with Crippen molar-refractivity contribution in [1.82, 2.24) is 29.7 Å². The van der Waals surface area contributed by atoms with Gasteiger partial charge < -0.3 is 10.1 Å². The van der Waals surface area contributed by atoms with Gasteiger partial charge in [-0.3, -0.25) is 9.48 Å². The summed E-state index contributed by atoms with van der Waals surface area (Å²) in [7, 11) is 3.38. The minimum atomic E-state index is -2.80. The molecule has 1 N–H and O–H groups in total. The van der Waals surface area contributed by atoms with Gasteiger partial charge in [-0.25, -0.2) is 18.3 Å². The molecule has 10 heteroatoms. The zero-order valence-electron chi connectivity index (χ0n) is 18.7. The summed E-state index contributed by atoms with van der Waals surface area (Å²) in [5.41, 5.74) is 2.70. The molecule has 1 amide bonds. The third-order valence-corrected chi connectivity index (χ3v) is 5.37. The van der Waals surface area contributed by atoms with E-state index in [9.17, 15) is 13.6 Å². The lowest BCUT2D eigenvalue weighted by molar-refractivity contribution is 0.0941. The fourth-order valence-corrected chi connectivity index (χ4v) is 3.74. The van der Waals surface area contributed by atoms with Crippen molar-refractivity contribution in [2.75, 3.05) is 7.11 Å². The van der Waals surface area contributed by atoms with Crippen LogP contribution in [-0.4, -0.2) is 43.4 Å². The zero-order chi connectivity index (χ0) is 23.7. The van der Waals surface area contributed by atoms with Crippen LogP contribution in [0.2, 0.25) is 0 Å². The number of benzene rings is 1. The molecule has 0 fully saturated rings. The number of amides is 1. The molecule has 1 aromatic carbocycles. The molecule has 0 unspecified atom stereocenters. The van der Waals surface area contributed by atoms with Gasteiger partial charge in [0.05, 0.1) is 24.7 Å². The van der Waals surface area contributed by atoms with E-state index in [0.29, 0.717) is 23.4 Å². The first-order valence-corrected chi connectivity index (χ1v) is 10.4. The summed E-state index contributed by atoms with van der Waals surface area (Å²) >= 11 is 0. The molecule has 0 saturated carbocycles. The molecule has 0 bridgehead atoms. The number of carbonyl (C=O) groups excluding carboxylic acids is 1. The van der Waals surface area contributed by atoms with Crippen LogP contribution in [0, 0.1) is 6.92 Å². The molecule has 3 aromatic heterocycles. The molecular formula is C23H24F2N6O2. The Morgan fingerprint density at radius 1 is 1.24 bits per heavy atom. The molecular weight excluding hydrogens is 430 g/mol. The number of halogens is 2. The molecule has 0 radical (unpaired) electrons. The highest BCUT2D eigenvalue weighted by Crippen LogP contribution is 2.28. The smallest absolute Gasteiger partial charge is 0.280 e. The summed E-state index contributed by atoms with van der Waals surface area (Å²) < 4.78 is 35.5. The molecule has 3 heterocycles. The summed E-state index contributed by atoms with van der Waals surface area (Å²) in [6.45, 7) is 3.78. The molecule has 0 aliphatic rings.